The van der Waals surface area contributed by atoms with Gasteiger partial charge in [0.2, 0.25) is 0 Å². The fraction of sp³-hybridized carbons (Fsp3) is 1.00. The van der Waals surface area contributed by atoms with Gasteiger partial charge in [0.05, 0.1) is 0 Å². The summed E-state index contributed by atoms with van der Waals surface area (Å²) in [6.07, 6.45) is 5.26. The van der Waals surface area contributed by atoms with Gasteiger partial charge in [-0.15, -0.1) is 0 Å². The van der Waals surface area contributed by atoms with E-state index in [-0.39, 0.29) is 0 Å². The second-order valence-electron chi connectivity index (χ2n) is 5.26. The Bertz CT molecular complexity index is 167. The average molecular weight is 197 g/mol. The first-order chi connectivity index (χ1) is 6.61. The summed E-state index contributed by atoms with van der Waals surface area (Å²) in [4.78, 5) is 0. The molecule has 1 saturated carbocycles. The van der Waals surface area contributed by atoms with Gasteiger partial charge in [0.15, 0.2) is 0 Å². The predicted molar refractivity (Wildman–Crippen MR) is 63.1 cm³/mol. The minimum Gasteiger partial charge on any atom is -0.327 e. The molecule has 0 aromatic rings. The van der Waals surface area contributed by atoms with E-state index in [9.17, 15) is 0 Å². The van der Waals surface area contributed by atoms with Crippen LogP contribution in [-0.2, 0) is 0 Å². The molecule has 5 atom stereocenters. The lowest BCUT2D eigenvalue weighted by molar-refractivity contribution is 0.0783. The number of hydrogen-bond donors (Lipinski definition) is 1. The van der Waals surface area contributed by atoms with Gasteiger partial charge in [0, 0.05) is 6.04 Å². The van der Waals surface area contributed by atoms with Gasteiger partial charge < -0.3 is 5.73 Å². The van der Waals surface area contributed by atoms with Gasteiger partial charge in [-0.3, -0.25) is 0 Å². The first-order valence-corrected chi connectivity index (χ1v) is 6.37. The first-order valence-electron chi connectivity index (χ1n) is 6.37. The summed E-state index contributed by atoms with van der Waals surface area (Å²) >= 11 is 0. The molecule has 84 valence electrons. The number of nitrogens with two attached hydrogens (primary N) is 1. The van der Waals surface area contributed by atoms with Crippen molar-refractivity contribution in [3.63, 3.8) is 0 Å². The first kappa shape index (κ1) is 12.0. The maximum Gasteiger partial charge on any atom is 0.00699 e. The minimum absolute atomic E-state index is 0.448. The van der Waals surface area contributed by atoms with Crippen LogP contribution in [-0.4, -0.2) is 6.04 Å². The third kappa shape index (κ3) is 2.31. The smallest absolute Gasteiger partial charge is 0.00699 e. The van der Waals surface area contributed by atoms with Gasteiger partial charge in [0.1, 0.15) is 0 Å². The number of hydrogen-bond acceptors (Lipinski definition) is 1. The van der Waals surface area contributed by atoms with Gasteiger partial charge in [-0.05, 0) is 30.1 Å². The number of rotatable bonds is 3. The van der Waals surface area contributed by atoms with Gasteiger partial charge in [-0.2, -0.15) is 0 Å². The molecule has 0 aromatic carbocycles. The third-order valence-electron chi connectivity index (χ3n) is 4.37. The van der Waals surface area contributed by atoms with Crippen LogP contribution in [0.2, 0.25) is 0 Å². The molecule has 0 bridgehead atoms. The molecule has 1 aliphatic rings. The van der Waals surface area contributed by atoms with Crippen LogP contribution in [0.4, 0.5) is 0 Å². The second-order valence-corrected chi connectivity index (χ2v) is 5.26. The van der Waals surface area contributed by atoms with Crippen LogP contribution >= 0.6 is 0 Å². The lowest BCUT2D eigenvalue weighted by atomic mass is 9.63. The van der Waals surface area contributed by atoms with Crippen molar-refractivity contribution in [1.29, 1.82) is 0 Å². The van der Waals surface area contributed by atoms with Gasteiger partial charge in [-0.25, -0.2) is 0 Å². The van der Waals surface area contributed by atoms with Crippen LogP contribution in [0.1, 0.15) is 53.4 Å². The van der Waals surface area contributed by atoms with Crippen molar-refractivity contribution < 1.29 is 0 Å². The summed E-state index contributed by atoms with van der Waals surface area (Å²) in [5.74, 6) is 3.37. The summed E-state index contributed by atoms with van der Waals surface area (Å²) < 4.78 is 0. The zero-order chi connectivity index (χ0) is 10.7. The normalized spacial score (nSPS) is 43.9. The molecule has 0 radical (unpaired) electrons. The molecule has 1 rings (SSSR count). The van der Waals surface area contributed by atoms with E-state index in [1.165, 1.54) is 25.7 Å². The third-order valence-corrected chi connectivity index (χ3v) is 4.37. The van der Waals surface area contributed by atoms with Crippen LogP contribution in [0.15, 0.2) is 0 Å². The molecule has 1 aliphatic carbocycles. The molecule has 1 nitrogen and oxygen atoms in total. The zero-order valence-electron chi connectivity index (χ0n) is 10.3. The Morgan fingerprint density at radius 2 is 1.79 bits per heavy atom. The molecule has 1 heteroatoms. The lowest BCUT2D eigenvalue weighted by Gasteiger charge is -2.44. The Morgan fingerprint density at radius 1 is 1.14 bits per heavy atom. The summed E-state index contributed by atoms with van der Waals surface area (Å²) in [6.45, 7) is 9.39. The van der Waals surface area contributed by atoms with Crippen LogP contribution < -0.4 is 5.73 Å². The van der Waals surface area contributed by atoms with Crippen molar-refractivity contribution in [1.82, 2.24) is 0 Å². The van der Waals surface area contributed by atoms with Crippen molar-refractivity contribution in [2.75, 3.05) is 0 Å². The standard InChI is InChI=1S/C13H27N/c1-5-7-12-10(4)13(14)8-9(3)11(12)6-2/h9-13H,5-8,14H2,1-4H3. The van der Waals surface area contributed by atoms with Crippen molar-refractivity contribution in [2.45, 2.75) is 59.4 Å². The van der Waals surface area contributed by atoms with Crippen molar-refractivity contribution >= 4 is 0 Å². The molecule has 0 aliphatic heterocycles. The van der Waals surface area contributed by atoms with E-state index in [1.54, 1.807) is 0 Å². The van der Waals surface area contributed by atoms with Gasteiger partial charge >= 0.3 is 0 Å². The molecule has 0 saturated heterocycles. The van der Waals surface area contributed by atoms with Crippen molar-refractivity contribution in [2.24, 2.45) is 29.4 Å². The Hall–Kier alpha value is -0.0400. The highest BCUT2D eigenvalue weighted by Crippen LogP contribution is 2.41. The maximum atomic E-state index is 6.21. The van der Waals surface area contributed by atoms with E-state index in [2.05, 4.69) is 27.7 Å². The van der Waals surface area contributed by atoms with E-state index in [4.69, 9.17) is 5.73 Å². The molecule has 0 spiro atoms. The van der Waals surface area contributed by atoms with Crippen LogP contribution in [0, 0.1) is 23.7 Å². The molecular weight excluding hydrogens is 170 g/mol. The monoisotopic (exact) mass is 197 g/mol. The summed E-state index contributed by atoms with van der Waals surface area (Å²) in [6, 6.07) is 0.448. The largest absolute Gasteiger partial charge is 0.327 e. The second kappa shape index (κ2) is 5.16. The van der Waals surface area contributed by atoms with E-state index in [0.717, 1.165) is 23.7 Å². The quantitative estimate of drug-likeness (QED) is 0.737. The Balaban J connectivity index is 2.70. The molecule has 0 heterocycles. The van der Waals surface area contributed by atoms with Crippen LogP contribution in [0.3, 0.4) is 0 Å². The molecule has 5 unspecified atom stereocenters. The van der Waals surface area contributed by atoms with Crippen LogP contribution in [0.5, 0.6) is 0 Å². The average Bonchev–Trinajstić information content (AvgIpc) is 2.14. The van der Waals surface area contributed by atoms with Gasteiger partial charge in [-0.1, -0.05) is 47.0 Å². The fourth-order valence-electron chi connectivity index (χ4n) is 3.46. The fourth-order valence-corrected chi connectivity index (χ4v) is 3.46. The highest BCUT2D eigenvalue weighted by molar-refractivity contribution is 4.89. The van der Waals surface area contributed by atoms with Crippen molar-refractivity contribution in [3.8, 4) is 0 Å². The van der Waals surface area contributed by atoms with Gasteiger partial charge in [0.25, 0.3) is 0 Å². The lowest BCUT2D eigenvalue weighted by Crippen LogP contribution is -2.45. The van der Waals surface area contributed by atoms with Crippen molar-refractivity contribution in [3.05, 3.63) is 0 Å². The molecule has 0 amide bonds. The summed E-state index contributed by atoms with van der Waals surface area (Å²) in [5.41, 5.74) is 6.21. The Kier molecular flexibility index (Phi) is 4.43. The SMILES string of the molecule is CCCC1C(C)C(N)CC(C)C1CC. The Morgan fingerprint density at radius 3 is 2.29 bits per heavy atom. The predicted octanol–water partition coefficient (Wildman–Crippen LogP) is 3.43. The molecule has 2 N–H and O–H groups in total. The van der Waals surface area contributed by atoms with E-state index < -0.39 is 0 Å². The van der Waals surface area contributed by atoms with Crippen LogP contribution in [0.25, 0.3) is 0 Å². The molecule has 14 heavy (non-hydrogen) atoms. The minimum atomic E-state index is 0.448. The van der Waals surface area contributed by atoms with E-state index >= 15 is 0 Å². The highest BCUT2D eigenvalue weighted by atomic mass is 14.7. The van der Waals surface area contributed by atoms with E-state index in [0.29, 0.717) is 6.04 Å². The molecule has 1 fully saturated rings. The topological polar surface area (TPSA) is 26.0 Å². The Labute approximate surface area is 89.5 Å². The summed E-state index contributed by atoms with van der Waals surface area (Å²) in [5, 5.41) is 0. The maximum absolute atomic E-state index is 6.21. The summed E-state index contributed by atoms with van der Waals surface area (Å²) in [7, 11) is 0. The highest BCUT2D eigenvalue weighted by Gasteiger charge is 2.37. The van der Waals surface area contributed by atoms with E-state index in [1.807, 2.05) is 0 Å². The zero-order valence-corrected chi connectivity index (χ0v) is 10.3. The molecule has 0 aromatic heterocycles. The molecular formula is C13H27N.